The average molecular weight is 356 g/mol. The normalized spacial score (nSPS) is 17.8. The number of aryl methyl sites for hydroxylation is 1. The molecule has 2 aromatic rings. The number of hydrogen-bond acceptors (Lipinski definition) is 6. The SMILES string of the molecule is O=C(/C=C/c1cccs1)N1CCCc2cnc(N3CCOCC3)nc21. The van der Waals surface area contributed by atoms with Crippen molar-refractivity contribution in [3.05, 3.63) is 40.2 Å². The minimum Gasteiger partial charge on any atom is -0.378 e. The number of amides is 1. The van der Waals surface area contributed by atoms with Gasteiger partial charge in [0.1, 0.15) is 5.82 Å². The van der Waals surface area contributed by atoms with Crippen molar-refractivity contribution in [3.63, 3.8) is 0 Å². The van der Waals surface area contributed by atoms with E-state index in [-0.39, 0.29) is 5.91 Å². The molecule has 1 amide bonds. The predicted octanol–water partition coefficient (Wildman–Crippen LogP) is 2.37. The van der Waals surface area contributed by atoms with Crippen molar-refractivity contribution < 1.29 is 9.53 Å². The highest BCUT2D eigenvalue weighted by Gasteiger charge is 2.25. The van der Waals surface area contributed by atoms with Crippen molar-refractivity contribution in [2.24, 2.45) is 0 Å². The fourth-order valence-corrected chi connectivity index (χ4v) is 3.71. The van der Waals surface area contributed by atoms with E-state index in [1.54, 1.807) is 22.3 Å². The van der Waals surface area contributed by atoms with E-state index in [0.29, 0.717) is 25.7 Å². The van der Waals surface area contributed by atoms with Crippen molar-refractivity contribution >= 4 is 35.1 Å². The number of carbonyl (C=O) groups excluding carboxylic acids is 1. The molecular formula is C18H20N4O2S. The van der Waals surface area contributed by atoms with Crippen LogP contribution in [0.15, 0.2) is 29.8 Å². The molecular weight excluding hydrogens is 336 g/mol. The van der Waals surface area contributed by atoms with Crippen LogP contribution in [0.3, 0.4) is 0 Å². The molecule has 2 aliphatic rings. The minimum absolute atomic E-state index is 0.0269. The Labute approximate surface area is 150 Å². The second kappa shape index (κ2) is 7.33. The summed E-state index contributed by atoms with van der Waals surface area (Å²) in [6.07, 6.45) is 7.22. The third kappa shape index (κ3) is 3.57. The first kappa shape index (κ1) is 16.2. The summed E-state index contributed by atoms with van der Waals surface area (Å²) in [5.41, 5.74) is 1.04. The number of morpholine rings is 1. The Kier molecular flexibility index (Phi) is 4.76. The van der Waals surface area contributed by atoms with Crippen LogP contribution in [0.2, 0.25) is 0 Å². The third-order valence-corrected chi connectivity index (χ3v) is 5.24. The zero-order chi connectivity index (χ0) is 17.1. The van der Waals surface area contributed by atoms with Crippen molar-refractivity contribution in [1.29, 1.82) is 0 Å². The predicted molar refractivity (Wildman–Crippen MR) is 99.1 cm³/mol. The zero-order valence-corrected chi connectivity index (χ0v) is 14.7. The molecule has 0 spiro atoms. The molecule has 130 valence electrons. The average Bonchev–Trinajstić information content (AvgIpc) is 3.19. The monoisotopic (exact) mass is 356 g/mol. The van der Waals surface area contributed by atoms with Gasteiger partial charge in [-0.3, -0.25) is 9.69 Å². The molecule has 7 heteroatoms. The lowest BCUT2D eigenvalue weighted by Crippen LogP contribution is -2.39. The van der Waals surface area contributed by atoms with Crippen LogP contribution in [0.25, 0.3) is 6.08 Å². The summed E-state index contributed by atoms with van der Waals surface area (Å²) in [6, 6.07) is 3.98. The van der Waals surface area contributed by atoms with E-state index in [2.05, 4.69) is 9.88 Å². The minimum atomic E-state index is -0.0269. The van der Waals surface area contributed by atoms with Gasteiger partial charge in [-0.15, -0.1) is 11.3 Å². The number of ether oxygens (including phenoxy) is 1. The van der Waals surface area contributed by atoms with E-state index in [1.165, 1.54) is 0 Å². The third-order valence-electron chi connectivity index (χ3n) is 4.41. The molecule has 2 aromatic heterocycles. The summed E-state index contributed by atoms with van der Waals surface area (Å²) < 4.78 is 5.39. The molecule has 2 aliphatic heterocycles. The maximum Gasteiger partial charge on any atom is 0.252 e. The highest BCUT2D eigenvalue weighted by molar-refractivity contribution is 7.10. The summed E-state index contributed by atoms with van der Waals surface area (Å²) in [6.45, 7) is 3.63. The summed E-state index contributed by atoms with van der Waals surface area (Å²) >= 11 is 1.62. The number of rotatable bonds is 3. The Hall–Kier alpha value is -2.25. The summed E-state index contributed by atoms with van der Waals surface area (Å²) in [4.78, 5) is 26.9. The molecule has 1 saturated heterocycles. The van der Waals surface area contributed by atoms with Crippen LogP contribution in [-0.4, -0.2) is 48.7 Å². The second-order valence-corrected chi connectivity index (χ2v) is 7.04. The Morgan fingerprint density at radius 1 is 1.28 bits per heavy atom. The second-order valence-electron chi connectivity index (χ2n) is 6.06. The number of anilines is 2. The number of fused-ring (bicyclic) bond motifs is 1. The van der Waals surface area contributed by atoms with Crippen molar-refractivity contribution in [2.45, 2.75) is 12.8 Å². The molecule has 0 bridgehead atoms. The number of carbonyl (C=O) groups is 1. The van der Waals surface area contributed by atoms with Crippen molar-refractivity contribution in [1.82, 2.24) is 9.97 Å². The summed E-state index contributed by atoms with van der Waals surface area (Å²) in [5, 5.41) is 2.00. The lowest BCUT2D eigenvalue weighted by atomic mass is 10.1. The van der Waals surface area contributed by atoms with Gasteiger partial charge in [0.15, 0.2) is 0 Å². The lowest BCUT2D eigenvalue weighted by molar-refractivity contribution is -0.114. The molecule has 0 aromatic carbocycles. The van der Waals surface area contributed by atoms with Crippen LogP contribution in [0, 0.1) is 0 Å². The van der Waals surface area contributed by atoms with E-state index in [9.17, 15) is 4.79 Å². The van der Waals surface area contributed by atoms with Gasteiger partial charge in [-0.2, -0.15) is 4.98 Å². The zero-order valence-electron chi connectivity index (χ0n) is 13.9. The molecule has 0 aliphatic carbocycles. The van der Waals surface area contributed by atoms with Crippen LogP contribution in [-0.2, 0) is 16.0 Å². The quantitative estimate of drug-likeness (QED) is 0.790. The smallest absolute Gasteiger partial charge is 0.252 e. The van der Waals surface area contributed by atoms with E-state index < -0.39 is 0 Å². The summed E-state index contributed by atoms with van der Waals surface area (Å²) in [7, 11) is 0. The highest BCUT2D eigenvalue weighted by Crippen LogP contribution is 2.27. The largest absolute Gasteiger partial charge is 0.378 e. The van der Waals surface area contributed by atoms with Crippen LogP contribution < -0.4 is 9.80 Å². The Balaban J connectivity index is 1.58. The van der Waals surface area contributed by atoms with Crippen molar-refractivity contribution in [3.8, 4) is 0 Å². The van der Waals surface area contributed by atoms with Gasteiger partial charge in [-0.05, 0) is 30.4 Å². The first-order chi connectivity index (χ1) is 12.3. The molecule has 4 heterocycles. The molecule has 0 saturated carbocycles. The first-order valence-corrected chi connectivity index (χ1v) is 9.41. The summed E-state index contributed by atoms with van der Waals surface area (Å²) in [5.74, 6) is 1.41. The van der Waals surface area contributed by atoms with Gasteiger partial charge >= 0.3 is 0 Å². The molecule has 0 atom stereocenters. The Bertz CT molecular complexity index is 769. The van der Waals surface area contributed by atoms with Gasteiger partial charge < -0.3 is 9.64 Å². The van der Waals surface area contributed by atoms with Gasteiger partial charge in [0.25, 0.3) is 5.91 Å². The molecule has 0 N–H and O–H groups in total. The Morgan fingerprint density at radius 3 is 2.96 bits per heavy atom. The van der Waals surface area contributed by atoms with Crippen molar-refractivity contribution in [2.75, 3.05) is 42.6 Å². The molecule has 4 rings (SSSR count). The molecule has 1 fully saturated rings. The van der Waals surface area contributed by atoms with E-state index in [0.717, 1.165) is 42.2 Å². The van der Waals surface area contributed by atoms with Gasteiger partial charge in [0.05, 0.1) is 13.2 Å². The molecule has 0 radical (unpaired) electrons. The van der Waals surface area contributed by atoms with Gasteiger partial charge in [-0.25, -0.2) is 4.98 Å². The van der Waals surface area contributed by atoms with Gasteiger partial charge in [-0.1, -0.05) is 6.07 Å². The fraction of sp³-hybridized carbons (Fsp3) is 0.389. The van der Waals surface area contributed by atoms with E-state index in [4.69, 9.17) is 9.72 Å². The number of aromatic nitrogens is 2. The van der Waals surface area contributed by atoms with Crippen LogP contribution in [0.5, 0.6) is 0 Å². The maximum absolute atomic E-state index is 12.7. The standard InChI is InChI=1S/C18H20N4O2S/c23-16(6-5-15-4-2-12-25-15)22-7-1-3-14-13-19-18(20-17(14)22)21-8-10-24-11-9-21/h2,4-6,12-13H,1,3,7-11H2/b6-5+. The van der Waals surface area contributed by atoms with Gasteiger partial charge in [0, 0.05) is 42.3 Å². The topological polar surface area (TPSA) is 58.6 Å². The number of hydrogen-bond donors (Lipinski definition) is 0. The van der Waals surface area contributed by atoms with Gasteiger partial charge in [0.2, 0.25) is 5.95 Å². The van der Waals surface area contributed by atoms with Crippen LogP contribution in [0.4, 0.5) is 11.8 Å². The van der Waals surface area contributed by atoms with Crippen LogP contribution >= 0.6 is 11.3 Å². The maximum atomic E-state index is 12.7. The van der Waals surface area contributed by atoms with E-state index in [1.807, 2.05) is 29.8 Å². The molecule has 25 heavy (non-hydrogen) atoms. The van der Waals surface area contributed by atoms with Crippen LogP contribution in [0.1, 0.15) is 16.9 Å². The molecule has 0 unspecified atom stereocenters. The lowest BCUT2D eigenvalue weighted by Gasteiger charge is -2.31. The van der Waals surface area contributed by atoms with E-state index >= 15 is 0 Å². The fourth-order valence-electron chi connectivity index (χ4n) is 3.09. The first-order valence-electron chi connectivity index (χ1n) is 8.53. The number of thiophene rings is 1. The molecule has 6 nitrogen and oxygen atoms in total. The number of nitrogens with zero attached hydrogens (tertiary/aromatic N) is 4. The highest BCUT2D eigenvalue weighted by atomic mass is 32.1. The Morgan fingerprint density at radius 2 is 2.16 bits per heavy atom.